The number of halogens is 2. The van der Waals surface area contributed by atoms with E-state index in [0.29, 0.717) is 4.73 Å². The van der Waals surface area contributed by atoms with Gasteiger partial charge in [0.25, 0.3) is 0 Å². The van der Waals surface area contributed by atoms with Crippen LogP contribution in [0.25, 0.3) is 11.0 Å². The van der Waals surface area contributed by atoms with Gasteiger partial charge in [-0.3, -0.25) is 4.79 Å². The maximum atomic E-state index is 12.6. The third kappa shape index (κ3) is 4.11. The van der Waals surface area contributed by atoms with E-state index in [4.69, 9.17) is 32.7 Å². The summed E-state index contributed by atoms with van der Waals surface area (Å²) in [6.07, 6.45) is 0. The van der Waals surface area contributed by atoms with Gasteiger partial charge in [-0.2, -0.15) is 4.73 Å². The first-order valence-corrected chi connectivity index (χ1v) is 8.26. The molecule has 134 valence electrons. The van der Waals surface area contributed by atoms with E-state index in [1.54, 1.807) is 20.8 Å². The zero-order chi connectivity index (χ0) is 18.7. The predicted octanol–water partition coefficient (Wildman–Crippen LogP) is 3.05. The summed E-state index contributed by atoms with van der Waals surface area (Å²) in [5.41, 5.74) is -0.109. The van der Waals surface area contributed by atoms with Gasteiger partial charge in [0.15, 0.2) is 5.69 Å². The van der Waals surface area contributed by atoms with Crippen LogP contribution in [0, 0.1) is 11.1 Å². The summed E-state index contributed by atoms with van der Waals surface area (Å²) in [5, 5.41) is 13.0. The van der Waals surface area contributed by atoms with Gasteiger partial charge in [0.05, 0.1) is 22.6 Å². The second kappa shape index (κ2) is 7.84. The van der Waals surface area contributed by atoms with Crippen molar-refractivity contribution in [1.82, 2.24) is 4.98 Å². The molecule has 0 spiro atoms. The van der Waals surface area contributed by atoms with E-state index in [0.717, 1.165) is 0 Å². The van der Waals surface area contributed by atoms with Crippen molar-refractivity contribution in [2.24, 2.45) is 5.92 Å². The molecule has 0 aliphatic heterocycles. The van der Waals surface area contributed by atoms with E-state index in [9.17, 15) is 14.8 Å². The van der Waals surface area contributed by atoms with Crippen molar-refractivity contribution in [1.29, 1.82) is 0 Å². The molecule has 0 atom stereocenters. The summed E-state index contributed by atoms with van der Waals surface area (Å²) in [7, 11) is 0. The van der Waals surface area contributed by atoms with Crippen LogP contribution in [0.4, 0.5) is 0 Å². The number of benzene rings is 1. The highest BCUT2D eigenvalue weighted by Gasteiger charge is 2.29. The van der Waals surface area contributed by atoms with Crippen LogP contribution in [-0.2, 0) is 20.9 Å². The number of carbonyl (C=O) groups is 2. The molecule has 0 radical (unpaired) electrons. The molecule has 0 saturated heterocycles. The quantitative estimate of drug-likeness (QED) is 0.445. The molecular weight excluding hydrogens is 371 g/mol. The van der Waals surface area contributed by atoms with Crippen LogP contribution in [-0.4, -0.2) is 23.5 Å². The van der Waals surface area contributed by atoms with E-state index in [1.807, 2.05) is 0 Å². The SMILES string of the molecule is CCOC(=O)c1c(COC(=O)C(C)C)nc2cc(Cl)c(Cl)cc2[n+]1[O-]. The highest BCUT2D eigenvalue weighted by atomic mass is 35.5. The fourth-order valence-corrected chi connectivity index (χ4v) is 2.34. The largest absolute Gasteiger partial charge is 0.618 e. The Balaban J connectivity index is 2.59. The molecule has 0 bridgehead atoms. The van der Waals surface area contributed by atoms with Crippen LogP contribution < -0.4 is 4.73 Å². The number of carbonyl (C=O) groups excluding carboxylic acids is 2. The van der Waals surface area contributed by atoms with Gasteiger partial charge in [-0.05, 0) is 13.0 Å². The highest BCUT2D eigenvalue weighted by Crippen LogP contribution is 2.26. The number of fused-ring (bicyclic) bond motifs is 1. The second-order valence-corrected chi connectivity index (χ2v) is 6.25. The lowest BCUT2D eigenvalue weighted by atomic mass is 10.2. The Morgan fingerprint density at radius 3 is 2.48 bits per heavy atom. The molecule has 0 fully saturated rings. The number of esters is 2. The van der Waals surface area contributed by atoms with E-state index < -0.39 is 11.9 Å². The van der Waals surface area contributed by atoms with Crippen molar-refractivity contribution < 1.29 is 23.8 Å². The molecular formula is C16H16Cl2N2O5. The van der Waals surface area contributed by atoms with Crippen molar-refractivity contribution in [3.63, 3.8) is 0 Å². The number of hydrogen-bond donors (Lipinski definition) is 0. The average molecular weight is 387 g/mol. The molecule has 2 rings (SSSR count). The zero-order valence-electron chi connectivity index (χ0n) is 13.8. The Kier molecular flexibility index (Phi) is 6.02. The third-order valence-corrected chi connectivity index (χ3v) is 3.98. The summed E-state index contributed by atoms with van der Waals surface area (Å²) < 4.78 is 10.4. The van der Waals surface area contributed by atoms with Gasteiger partial charge < -0.3 is 14.7 Å². The summed E-state index contributed by atoms with van der Waals surface area (Å²) >= 11 is 11.9. The van der Waals surface area contributed by atoms with Gasteiger partial charge in [0, 0.05) is 6.07 Å². The van der Waals surface area contributed by atoms with Crippen LogP contribution in [0.15, 0.2) is 12.1 Å². The zero-order valence-corrected chi connectivity index (χ0v) is 15.3. The van der Waals surface area contributed by atoms with E-state index in [2.05, 4.69) is 4.98 Å². The molecule has 0 N–H and O–H groups in total. The average Bonchev–Trinajstić information content (AvgIpc) is 2.54. The van der Waals surface area contributed by atoms with Gasteiger partial charge in [-0.25, -0.2) is 9.78 Å². The summed E-state index contributed by atoms with van der Waals surface area (Å²) in [4.78, 5) is 28.1. The Morgan fingerprint density at radius 1 is 1.24 bits per heavy atom. The Bertz CT molecular complexity index is 839. The fourth-order valence-electron chi connectivity index (χ4n) is 2.02. The lowest BCUT2D eigenvalue weighted by Crippen LogP contribution is -2.39. The molecule has 0 saturated carbocycles. The molecule has 0 aliphatic carbocycles. The topological polar surface area (TPSA) is 92.4 Å². The molecule has 9 heteroatoms. The van der Waals surface area contributed by atoms with Crippen molar-refractivity contribution in [2.45, 2.75) is 27.4 Å². The lowest BCUT2D eigenvalue weighted by molar-refractivity contribution is -0.581. The Hall–Kier alpha value is -2.12. The maximum absolute atomic E-state index is 12.6. The van der Waals surface area contributed by atoms with E-state index in [-0.39, 0.29) is 51.6 Å². The van der Waals surface area contributed by atoms with Gasteiger partial charge in [-0.15, -0.1) is 0 Å². The molecule has 1 heterocycles. The lowest BCUT2D eigenvalue weighted by Gasteiger charge is -2.12. The summed E-state index contributed by atoms with van der Waals surface area (Å²) in [6, 6.07) is 2.71. The molecule has 7 nitrogen and oxygen atoms in total. The van der Waals surface area contributed by atoms with Crippen LogP contribution in [0.3, 0.4) is 0 Å². The molecule has 0 amide bonds. The first kappa shape index (κ1) is 19.2. The van der Waals surface area contributed by atoms with Crippen molar-refractivity contribution in [3.8, 4) is 0 Å². The Morgan fingerprint density at radius 2 is 1.88 bits per heavy atom. The molecule has 0 unspecified atom stereocenters. The number of ether oxygens (including phenoxy) is 2. The predicted molar refractivity (Wildman–Crippen MR) is 91.3 cm³/mol. The molecule has 2 aromatic rings. The van der Waals surface area contributed by atoms with Crippen LogP contribution >= 0.6 is 23.2 Å². The van der Waals surface area contributed by atoms with E-state index >= 15 is 0 Å². The van der Waals surface area contributed by atoms with Crippen molar-refractivity contribution in [2.75, 3.05) is 6.61 Å². The number of aromatic nitrogens is 2. The monoisotopic (exact) mass is 386 g/mol. The minimum Gasteiger partial charge on any atom is -0.618 e. The molecule has 25 heavy (non-hydrogen) atoms. The maximum Gasteiger partial charge on any atom is 0.407 e. The first-order valence-electron chi connectivity index (χ1n) is 7.51. The van der Waals surface area contributed by atoms with Gasteiger partial charge >= 0.3 is 17.6 Å². The standard InChI is InChI=1S/C16H16Cl2N2O5/c1-4-24-16(22)14-12(7-25-15(21)8(2)3)19-11-5-9(17)10(18)6-13(11)20(14)23/h5-6,8H,4,7H2,1-3H3. The Labute approximate surface area is 154 Å². The number of rotatable bonds is 5. The summed E-state index contributed by atoms with van der Waals surface area (Å²) in [5.74, 6) is -1.71. The first-order chi connectivity index (χ1) is 11.8. The van der Waals surface area contributed by atoms with Crippen LogP contribution in [0.2, 0.25) is 10.0 Å². The minimum atomic E-state index is -0.867. The van der Waals surface area contributed by atoms with Crippen LogP contribution in [0.1, 0.15) is 37.0 Å². The fraction of sp³-hybridized carbons (Fsp3) is 0.375. The summed E-state index contributed by atoms with van der Waals surface area (Å²) in [6.45, 7) is 4.67. The third-order valence-electron chi connectivity index (χ3n) is 3.26. The number of hydrogen-bond acceptors (Lipinski definition) is 6. The highest BCUT2D eigenvalue weighted by molar-refractivity contribution is 6.42. The molecule has 1 aromatic carbocycles. The number of nitrogens with zero attached hydrogens (tertiary/aromatic N) is 2. The van der Waals surface area contributed by atoms with Gasteiger partial charge in [0.2, 0.25) is 5.52 Å². The second-order valence-electron chi connectivity index (χ2n) is 5.44. The van der Waals surface area contributed by atoms with Crippen molar-refractivity contribution in [3.05, 3.63) is 38.8 Å². The molecule has 0 aliphatic rings. The van der Waals surface area contributed by atoms with Crippen molar-refractivity contribution >= 4 is 46.2 Å². The smallest absolute Gasteiger partial charge is 0.407 e. The van der Waals surface area contributed by atoms with Gasteiger partial charge in [-0.1, -0.05) is 37.0 Å². The normalized spacial score (nSPS) is 11.0. The molecule has 1 aromatic heterocycles. The minimum absolute atomic E-state index is 0.0201. The van der Waals surface area contributed by atoms with Gasteiger partial charge in [0.1, 0.15) is 12.1 Å². The van der Waals surface area contributed by atoms with Crippen LogP contribution in [0.5, 0.6) is 0 Å². The van der Waals surface area contributed by atoms with E-state index in [1.165, 1.54) is 12.1 Å².